The third-order valence-electron chi connectivity index (χ3n) is 5.23. The van der Waals surface area contributed by atoms with Gasteiger partial charge in [0.1, 0.15) is 6.10 Å². The van der Waals surface area contributed by atoms with Crippen molar-refractivity contribution >= 4 is 5.97 Å². The van der Waals surface area contributed by atoms with E-state index in [0.717, 1.165) is 51.4 Å². The van der Waals surface area contributed by atoms with Crippen molar-refractivity contribution in [1.29, 1.82) is 0 Å². The number of esters is 1. The predicted molar refractivity (Wildman–Crippen MR) is 136 cm³/mol. The molecule has 0 amide bonds. The van der Waals surface area contributed by atoms with Crippen LogP contribution in [0.15, 0.2) is 36.5 Å². The van der Waals surface area contributed by atoms with Gasteiger partial charge in [-0.2, -0.15) is 0 Å². The Kier molecular flexibility index (Phi) is 24.7. The number of allylic oxidation sites excluding steroid dienone is 6. The highest BCUT2D eigenvalue weighted by Crippen LogP contribution is 2.08. The van der Waals surface area contributed by atoms with E-state index in [2.05, 4.69) is 50.3 Å². The Morgan fingerprint density at radius 2 is 1.41 bits per heavy atom. The van der Waals surface area contributed by atoms with Gasteiger partial charge in [0, 0.05) is 13.0 Å². The minimum absolute atomic E-state index is 0.184. The van der Waals surface area contributed by atoms with Crippen molar-refractivity contribution in [1.82, 2.24) is 0 Å². The van der Waals surface area contributed by atoms with E-state index in [4.69, 9.17) is 9.47 Å². The third kappa shape index (κ3) is 23.3. The van der Waals surface area contributed by atoms with Crippen molar-refractivity contribution in [3.63, 3.8) is 0 Å². The number of aliphatic hydroxyl groups is 1. The van der Waals surface area contributed by atoms with Crippen LogP contribution in [-0.4, -0.2) is 37.0 Å². The SMILES string of the molecule is CC/C=C\C/C=C\C/C=C\CCCCCC(=O)OC(CO)COCCCCCCCCC. The van der Waals surface area contributed by atoms with Crippen LogP contribution in [0.4, 0.5) is 0 Å². The van der Waals surface area contributed by atoms with Gasteiger partial charge in [-0.15, -0.1) is 0 Å². The number of unbranched alkanes of at least 4 members (excludes halogenated alkanes) is 9. The molecule has 186 valence electrons. The molecule has 4 nitrogen and oxygen atoms in total. The fraction of sp³-hybridized carbons (Fsp3) is 0.750. The van der Waals surface area contributed by atoms with Crippen LogP contribution in [0.25, 0.3) is 0 Å². The lowest BCUT2D eigenvalue weighted by Gasteiger charge is -2.15. The normalized spacial score (nSPS) is 13.0. The standard InChI is InChI=1S/C28H50O4/c1-3-5-7-9-11-12-13-14-15-16-17-19-21-23-28(30)32-27(25-29)26-31-24-22-20-18-10-8-6-4-2/h5,7,11-12,14-15,27,29H,3-4,6,8-10,13,16-26H2,1-2H3/b7-5-,12-11-,15-14-. The summed E-state index contributed by atoms with van der Waals surface area (Å²) in [7, 11) is 0. The molecule has 0 saturated heterocycles. The fourth-order valence-corrected chi connectivity index (χ4v) is 3.28. The van der Waals surface area contributed by atoms with E-state index in [9.17, 15) is 9.90 Å². The number of rotatable bonds is 23. The van der Waals surface area contributed by atoms with Crippen LogP contribution in [0, 0.1) is 0 Å². The molecule has 0 heterocycles. The van der Waals surface area contributed by atoms with E-state index in [-0.39, 0.29) is 19.2 Å². The first-order valence-electron chi connectivity index (χ1n) is 13.1. The molecule has 32 heavy (non-hydrogen) atoms. The van der Waals surface area contributed by atoms with Gasteiger partial charge in [-0.3, -0.25) is 4.79 Å². The van der Waals surface area contributed by atoms with Crippen LogP contribution in [0.3, 0.4) is 0 Å². The Morgan fingerprint density at radius 3 is 2.09 bits per heavy atom. The first-order valence-corrected chi connectivity index (χ1v) is 13.1. The van der Waals surface area contributed by atoms with Crippen LogP contribution < -0.4 is 0 Å². The average Bonchev–Trinajstić information content (AvgIpc) is 2.80. The highest BCUT2D eigenvalue weighted by atomic mass is 16.6. The van der Waals surface area contributed by atoms with Gasteiger partial charge in [0.25, 0.3) is 0 Å². The zero-order chi connectivity index (χ0) is 23.5. The minimum atomic E-state index is -0.541. The Labute approximate surface area is 198 Å². The number of carbonyl (C=O) groups is 1. The zero-order valence-electron chi connectivity index (χ0n) is 20.9. The first-order chi connectivity index (χ1) is 15.7. The lowest BCUT2D eigenvalue weighted by atomic mass is 10.1. The molecular formula is C28H50O4. The molecule has 0 bridgehead atoms. The van der Waals surface area contributed by atoms with E-state index in [0.29, 0.717) is 13.0 Å². The van der Waals surface area contributed by atoms with Gasteiger partial charge in [-0.1, -0.05) is 95.2 Å². The summed E-state index contributed by atoms with van der Waals surface area (Å²) in [5, 5.41) is 9.41. The predicted octanol–water partition coefficient (Wildman–Crippen LogP) is 7.47. The maximum Gasteiger partial charge on any atom is 0.306 e. The van der Waals surface area contributed by atoms with Crippen LogP contribution in [0.5, 0.6) is 0 Å². The number of hydrogen-bond donors (Lipinski definition) is 1. The first kappa shape index (κ1) is 30.6. The molecule has 0 aliphatic carbocycles. The van der Waals surface area contributed by atoms with Gasteiger partial charge in [-0.05, 0) is 44.9 Å². The van der Waals surface area contributed by atoms with Crippen LogP contribution in [0.1, 0.15) is 110 Å². The van der Waals surface area contributed by atoms with Crippen molar-refractivity contribution in [2.24, 2.45) is 0 Å². The topological polar surface area (TPSA) is 55.8 Å². The molecule has 0 aliphatic heterocycles. The molecule has 0 radical (unpaired) electrons. The Balaban J connectivity index is 3.58. The van der Waals surface area contributed by atoms with E-state index >= 15 is 0 Å². The monoisotopic (exact) mass is 450 g/mol. The van der Waals surface area contributed by atoms with Gasteiger partial charge in [0.2, 0.25) is 0 Å². The van der Waals surface area contributed by atoms with Crippen molar-refractivity contribution in [2.45, 2.75) is 116 Å². The van der Waals surface area contributed by atoms with E-state index in [1.165, 1.54) is 38.5 Å². The number of ether oxygens (including phenoxy) is 2. The van der Waals surface area contributed by atoms with E-state index in [1.54, 1.807) is 0 Å². The summed E-state index contributed by atoms with van der Waals surface area (Å²) in [5.74, 6) is -0.235. The molecule has 0 aliphatic rings. The molecule has 1 N–H and O–H groups in total. The lowest BCUT2D eigenvalue weighted by molar-refractivity contribution is -0.154. The fourth-order valence-electron chi connectivity index (χ4n) is 3.28. The smallest absolute Gasteiger partial charge is 0.306 e. The summed E-state index contributed by atoms with van der Waals surface area (Å²) in [6.07, 6.45) is 28.8. The number of hydrogen-bond acceptors (Lipinski definition) is 4. The maximum atomic E-state index is 12.0. The summed E-state index contributed by atoms with van der Waals surface area (Å²) in [6.45, 7) is 5.14. The second kappa shape index (κ2) is 25.9. The maximum absolute atomic E-state index is 12.0. The highest BCUT2D eigenvalue weighted by molar-refractivity contribution is 5.69. The zero-order valence-corrected chi connectivity index (χ0v) is 20.9. The molecule has 0 saturated carbocycles. The number of aliphatic hydroxyl groups excluding tert-OH is 1. The van der Waals surface area contributed by atoms with Gasteiger partial charge in [0.05, 0.1) is 13.2 Å². The number of carbonyl (C=O) groups excluding carboxylic acids is 1. The van der Waals surface area contributed by atoms with Crippen molar-refractivity contribution in [3.05, 3.63) is 36.5 Å². The lowest BCUT2D eigenvalue weighted by Crippen LogP contribution is -2.27. The van der Waals surface area contributed by atoms with Crippen molar-refractivity contribution in [3.8, 4) is 0 Å². The largest absolute Gasteiger partial charge is 0.457 e. The third-order valence-corrected chi connectivity index (χ3v) is 5.23. The van der Waals surface area contributed by atoms with Crippen LogP contribution >= 0.6 is 0 Å². The second-order valence-electron chi connectivity index (χ2n) is 8.38. The average molecular weight is 451 g/mol. The van der Waals surface area contributed by atoms with Gasteiger partial charge in [-0.25, -0.2) is 0 Å². The molecule has 4 heteroatoms. The summed E-state index contributed by atoms with van der Waals surface area (Å²) in [4.78, 5) is 12.0. The molecule has 0 aromatic rings. The Hall–Kier alpha value is -1.39. The molecular weight excluding hydrogens is 400 g/mol. The molecule has 0 fully saturated rings. The van der Waals surface area contributed by atoms with Gasteiger partial charge in [0.15, 0.2) is 0 Å². The van der Waals surface area contributed by atoms with Crippen molar-refractivity contribution < 1.29 is 19.4 Å². The van der Waals surface area contributed by atoms with Crippen molar-refractivity contribution in [2.75, 3.05) is 19.8 Å². The summed E-state index contributed by atoms with van der Waals surface area (Å²) >= 11 is 0. The summed E-state index contributed by atoms with van der Waals surface area (Å²) in [5.41, 5.74) is 0. The van der Waals surface area contributed by atoms with Crippen LogP contribution in [0.2, 0.25) is 0 Å². The summed E-state index contributed by atoms with van der Waals surface area (Å²) < 4.78 is 10.9. The Morgan fingerprint density at radius 1 is 0.781 bits per heavy atom. The highest BCUT2D eigenvalue weighted by Gasteiger charge is 2.13. The molecule has 0 rings (SSSR count). The van der Waals surface area contributed by atoms with Crippen LogP contribution in [-0.2, 0) is 14.3 Å². The molecule has 1 unspecified atom stereocenters. The Bertz CT molecular complexity index is 482. The van der Waals surface area contributed by atoms with E-state index < -0.39 is 6.10 Å². The van der Waals surface area contributed by atoms with E-state index in [1.807, 2.05) is 0 Å². The summed E-state index contributed by atoms with van der Waals surface area (Å²) in [6, 6.07) is 0. The molecule has 0 aromatic heterocycles. The minimum Gasteiger partial charge on any atom is -0.457 e. The van der Waals surface area contributed by atoms with Gasteiger partial charge >= 0.3 is 5.97 Å². The molecule has 1 atom stereocenters. The van der Waals surface area contributed by atoms with Gasteiger partial charge < -0.3 is 14.6 Å². The molecule has 0 spiro atoms. The second-order valence-corrected chi connectivity index (χ2v) is 8.38. The quantitative estimate of drug-likeness (QED) is 0.0996. The molecule has 0 aromatic carbocycles.